The molecule has 0 aliphatic heterocycles. The van der Waals surface area contributed by atoms with Gasteiger partial charge in [-0.25, -0.2) is 4.39 Å². The first-order valence-corrected chi connectivity index (χ1v) is 7.10. The molecule has 0 saturated carbocycles. The topological polar surface area (TPSA) is 20.2 Å². The van der Waals surface area contributed by atoms with Gasteiger partial charge >= 0.3 is 0 Å². The largest absolute Gasteiger partial charge is 0.388 e. The normalized spacial score (nSPS) is 12.5. The lowest BCUT2D eigenvalue weighted by Gasteiger charge is -2.14. The van der Waals surface area contributed by atoms with Crippen molar-refractivity contribution in [2.45, 2.75) is 12.5 Å². The maximum atomic E-state index is 13.7. The number of rotatable bonds is 3. The van der Waals surface area contributed by atoms with Crippen molar-refractivity contribution < 1.29 is 9.50 Å². The van der Waals surface area contributed by atoms with E-state index in [1.165, 1.54) is 6.07 Å². The average molecular weight is 364 g/mol. The van der Waals surface area contributed by atoms with Crippen LogP contribution in [0.15, 0.2) is 40.9 Å². The van der Waals surface area contributed by atoms with E-state index < -0.39 is 11.9 Å². The summed E-state index contributed by atoms with van der Waals surface area (Å²) in [6.07, 6.45) is -0.846. The number of hydrogen-bond acceptors (Lipinski definition) is 1. The fraction of sp³-hybridized carbons (Fsp3) is 0.143. The van der Waals surface area contributed by atoms with E-state index in [1.54, 1.807) is 30.3 Å². The molecule has 0 aliphatic rings. The van der Waals surface area contributed by atoms with E-state index in [0.717, 1.165) is 0 Å². The lowest BCUT2D eigenvalue weighted by Crippen LogP contribution is -2.05. The molecule has 5 heteroatoms. The van der Waals surface area contributed by atoms with Gasteiger partial charge in [-0.2, -0.15) is 0 Å². The SMILES string of the molecule is OC(Cc1c(Cl)cccc1Cl)c1cc(Br)ccc1F. The van der Waals surface area contributed by atoms with Gasteiger partial charge in [-0.3, -0.25) is 0 Å². The van der Waals surface area contributed by atoms with Gasteiger partial charge in [0.1, 0.15) is 5.82 Å². The Morgan fingerprint density at radius 2 is 1.79 bits per heavy atom. The van der Waals surface area contributed by atoms with Crippen molar-refractivity contribution in [3.05, 3.63) is 67.9 Å². The summed E-state index contributed by atoms with van der Waals surface area (Å²) in [5, 5.41) is 11.1. The summed E-state index contributed by atoms with van der Waals surface area (Å²) >= 11 is 15.3. The van der Waals surface area contributed by atoms with E-state index in [2.05, 4.69) is 15.9 Å². The Balaban J connectivity index is 2.31. The fourth-order valence-electron chi connectivity index (χ4n) is 1.80. The lowest BCUT2D eigenvalue weighted by atomic mass is 10.0. The second-order valence-electron chi connectivity index (χ2n) is 4.09. The summed E-state index contributed by atoms with van der Waals surface area (Å²) in [5.74, 6) is -0.459. The third-order valence-corrected chi connectivity index (χ3v) is 3.98. The van der Waals surface area contributed by atoms with Crippen LogP contribution in [0.4, 0.5) is 4.39 Å². The van der Waals surface area contributed by atoms with Crippen molar-refractivity contribution in [2.24, 2.45) is 0 Å². The summed E-state index contributed by atoms with van der Waals surface area (Å²) in [7, 11) is 0. The molecule has 0 saturated heterocycles. The number of aliphatic hydroxyl groups is 1. The maximum absolute atomic E-state index is 13.7. The molecule has 1 unspecified atom stereocenters. The molecule has 2 aromatic rings. The highest BCUT2D eigenvalue weighted by atomic mass is 79.9. The van der Waals surface area contributed by atoms with Crippen molar-refractivity contribution in [1.82, 2.24) is 0 Å². The third kappa shape index (κ3) is 3.48. The summed E-state index contributed by atoms with van der Waals surface area (Å²) in [5.41, 5.74) is 0.822. The monoisotopic (exact) mass is 362 g/mol. The molecule has 1 N–H and O–H groups in total. The van der Waals surface area contributed by atoms with Gasteiger partial charge in [0.15, 0.2) is 0 Å². The van der Waals surface area contributed by atoms with Gasteiger partial charge in [-0.05, 0) is 35.9 Å². The summed E-state index contributed by atoms with van der Waals surface area (Å²) in [6, 6.07) is 9.52. The van der Waals surface area contributed by atoms with Gasteiger partial charge in [0.05, 0.1) is 6.10 Å². The van der Waals surface area contributed by atoms with Crippen molar-refractivity contribution in [2.75, 3.05) is 0 Å². The van der Waals surface area contributed by atoms with Crippen LogP contribution in [-0.4, -0.2) is 5.11 Å². The van der Waals surface area contributed by atoms with Crippen LogP contribution in [0.5, 0.6) is 0 Å². The molecule has 0 radical (unpaired) electrons. The molecule has 0 spiro atoms. The van der Waals surface area contributed by atoms with Crippen molar-refractivity contribution in [1.29, 1.82) is 0 Å². The molecule has 1 nitrogen and oxygen atoms in total. The standard InChI is InChI=1S/C14H10BrCl2FO/c15-8-4-5-13(18)10(6-8)14(19)7-9-11(16)2-1-3-12(9)17/h1-6,14,19H,7H2. The zero-order valence-corrected chi connectivity index (χ0v) is 12.8. The lowest BCUT2D eigenvalue weighted by molar-refractivity contribution is 0.173. The van der Waals surface area contributed by atoms with E-state index in [0.29, 0.717) is 20.1 Å². The summed E-state index contributed by atoms with van der Waals surface area (Å²) in [4.78, 5) is 0. The molecule has 0 bridgehead atoms. The molecule has 0 heterocycles. The number of halogens is 4. The molecule has 0 aliphatic carbocycles. The zero-order chi connectivity index (χ0) is 14.0. The van der Waals surface area contributed by atoms with Crippen LogP contribution in [0.2, 0.25) is 10.0 Å². The van der Waals surface area contributed by atoms with Crippen LogP contribution >= 0.6 is 39.1 Å². The summed E-state index contributed by atoms with van der Waals surface area (Å²) < 4.78 is 14.4. The Morgan fingerprint density at radius 3 is 2.42 bits per heavy atom. The van der Waals surface area contributed by atoms with Gasteiger partial charge in [0.2, 0.25) is 0 Å². The maximum Gasteiger partial charge on any atom is 0.129 e. The van der Waals surface area contributed by atoms with E-state index in [4.69, 9.17) is 23.2 Å². The van der Waals surface area contributed by atoms with Crippen LogP contribution < -0.4 is 0 Å². The highest BCUT2D eigenvalue weighted by Crippen LogP contribution is 2.31. The second-order valence-corrected chi connectivity index (χ2v) is 5.82. The smallest absolute Gasteiger partial charge is 0.129 e. The molecule has 0 aromatic heterocycles. The Kier molecular flexibility index (Phi) is 4.85. The van der Waals surface area contributed by atoms with Crippen LogP contribution in [0.3, 0.4) is 0 Å². The van der Waals surface area contributed by atoms with Gasteiger partial charge in [-0.15, -0.1) is 0 Å². The van der Waals surface area contributed by atoms with Crippen LogP contribution in [0.1, 0.15) is 17.2 Å². The molecule has 100 valence electrons. The Bertz CT molecular complexity index is 584. The van der Waals surface area contributed by atoms with Crippen LogP contribution in [-0.2, 0) is 6.42 Å². The van der Waals surface area contributed by atoms with Crippen molar-refractivity contribution in [3.8, 4) is 0 Å². The van der Waals surface area contributed by atoms with Crippen LogP contribution in [0.25, 0.3) is 0 Å². The quantitative estimate of drug-likeness (QED) is 0.797. The number of benzene rings is 2. The first-order chi connectivity index (χ1) is 8.99. The van der Waals surface area contributed by atoms with E-state index in [9.17, 15) is 9.50 Å². The minimum Gasteiger partial charge on any atom is -0.388 e. The Hall–Kier alpha value is -0.610. The van der Waals surface area contributed by atoms with Gasteiger partial charge in [-0.1, -0.05) is 45.2 Å². The second kappa shape index (κ2) is 6.23. The molecule has 1 atom stereocenters. The van der Waals surface area contributed by atoms with E-state index in [-0.39, 0.29) is 12.0 Å². The predicted molar refractivity (Wildman–Crippen MR) is 79.2 cm³/mol. The molecular formula is C14H10BrCl2FO. The highest BCUT2D eigenvalue weighted by Gasteiger charge is 2.17. The molecular weight excluding hydrogens is 354 g/mol. The number of aliphatic hydroxyl groups excluding tert-OH is 1. The van der Waals surface area contributed by atoms with Crippen LogP contribution in [0, 0.1) is 5.82 Å². The average Bonchev–Trinajstić information content (AvgIpc) is 2.37. The first-order valence-electron chi connectivity index (χ1n) is 5.55. The minimum absolute atomic E-state index is 0.159. The van der Waals surface area contributed by atoms with Gasteiger partial charge < -0.3 is 5.11 Å². The van der Waals surface area contributed by atoms with Gasteiger partial charge in [0, 0.05) is 26.5 Å². The predicted octanol–water partition coefficient (Wildman–Crippen LogP) is 5.17. The minimum atomic E-state index is -1.00. The molecule has 0 amide bonds. The zero-order valence-electron chi connectivity index (χ0n) is 9.71. The Labute approximate surface area is 129 Å². The van der Waals surface area contributed by atoms with Crippen molar-refractivity contribution in [3.63, 3.8) is 0 Å². The molecule has 0 fully saturated rings. The third-order valence-electron chi connectivity index (χ3n) is 2.78. The summed E-state index contributed by atoms with van der Waals surface area (Å²) in [6.45, 7) is 0. The van der Waals surface area contributed by atoms with E-state index in [1.807, 2.05) is 0 Å². The van der Waals surface area contributed by atoms with Gasteiger partial charge in [0.25, 0.3) is 0 Å². The Morgan fingerprint density at radius 1 is 1.16 bits per heavy atom. The molecule has 2 aromatic carbocycles. The number of hydrogen-bond donors (Lipinski definition) is 1. The van der Waals surface area contributed by atoms with Crippen molar-refractivity contribution >= 4 is 39.1 Å². The molecule has 19 heavy (non-hydrogen) atoms. The molecule has 2 rings (SSSR count). The first kappa shape index (κ1) is 14.8. The fourth-order valence-corrected chi connectivity index (χ4v) is 2.73. The van der Waals surface area contributed by atoms with E-state index >= 15 is 0 Å². The highest BCUT2D eigenvalue weighted by molar-refractivity contribution is 9.10.